The van der Waals surface area contributed by atoms with Gasteiger partial charge in [0.15, 0.2) is 0 Å². The lowest BCUT2D eigenvalue weighted by molar-refractivity contribution is 0.223. The second kappa shape index (κ2) is 5.98. The van der Waals surface area contributed by atoms with Crippen LogP contribution in [0.3, 0.4) is 0 Å². The lowest BCUT2D eigenvalue weighted by Crippen LogP contribution is -2.02. The number of ether oxygens (including phenoxy) is 1. The molecule has 5 nitrogen and oxygen atoms in total. The fourth-order valence-corrected chi connectivity index (χ4v) is 1.93. The van der Waals surface area contributed by atoms with Crippen LogP contribution in [0.15, 0.2) is 31.1 Å². The van der Waals surface area contributed by atoms with Crippen molar-refractivity contribution in [1.29, 1.82) is 0 Å². The maximum Gasteiger partial charge on any atom is 0.213 e. The van der Waals surface area contributed by atoms with Crippen molar-refractivity contribution >= 4 is 11.6 Å². The van der Waals surface area contributed by atoms with E-state index in [1.54, 1.807) is 13.0 Å². The van der Waals surface area contributed by atoms with Gasteiger partial charge >= 0.3 is 0 Å². The van der Waals surface area contributed by atoms with Gasteiger partial charge in [-0.2, -0.15) is 0 Å². The maximum atomic E-state index is 9.68. The largest absolute Gasteiger partial charge is 0.481 e. The van der Waals surface area contributed by atoms with Crippen LogP contribution >= 0.6 is 11.6 Å². The third-order valence-electron chi connectivity index (χ3n) is 2.79. The van der Waals surface area contributed by atoms with Gasteiger partial charge in [-0.25, -0.2) is 4.98 Å². The molecule has 0 aliphatic rings. The van der Waals surface area contributed by atoms with Gasteiger partial charge in [0.05, 0.1) is 41.6 Å². The van der Waals surface area contributed by atoms with Crippen molar-refractivity contribution < 1.29 is 9.84 Å². The quantitative estimate of drug-likeness (QED) is 0.877. The Kier molecular flexibility index (Phi) is 4.32. The van der Waals surface area contributed by atoms with Crippen LogP contribution in [0.2, 0.25) is 5.02 Å². The van der Waals surface area contributed by atoms with Crippen LogP contribution < -0.4 is 4.74 Å². The highest BCUT2D eigenvalue weighted by molar-refractivity contribution is 6.33. The Morgan fingerprint density at radius 2 is 2.15 bits per heavy atom. The number of methoxy groups -OCH3 is 1. The van der Waals surface area contributed by atoms with Crippen LogP contribution in [0.4, 0.5) is 0 Å². The van der Waals surface area contributed by atoms with E-state index in [1.165, 1.54) is 25.6 Å². The molecule has 1 N–H and O–H groups in total. The first kappa shape index (κ1) is 14.4. The summed E-state index contributed by atoms with van der Waals surface area (Å²) in [7, 11) is 1.53. The number of hydrogen-bond acceptors (Lipinski definition) is 5. The van der Waals surface area contributed by atoms with Crippen molar-refractivity contribution in [2.75, 3.05) is 7.11 Å². The molecule has 2 heterocycles. The molecule has 1 unspecified atom stereocenters. The number of halogens is 1. The minimum absolute atomic E-state index is 0.443. The van der Waals surface area contributed by atoms with Crippen molar-refractivity contribution in [3.05, 3.63) is 47.5 Å². The number of rotatable bonds is 4. The van der Waals surface area contributed by atoms with Crippen molar-refractivity contribution in [3.63, 3.8) is 0 Å². The second-order valence-electron chi connectivity index (χ2n) is 4.12. The first-order chi connectivity index (χ1) is 9.56. The number of pyridine rings is 1. The number of hydrogen-bond donors (Lipinski definition) is 1. The van der Waals surface area contributed by atoms with Gasteiger partial charge in [-0.05, 0) is 6.92 Å². The molecule has 0 fully saturated rings. The molecule has 20 heavy (non-hydrogen) atoms. The predicted molar refractivity (Wildman–Crippen MR) is 76.7 cm³/mol. The van der Waals surface area contributed by atoms with Crippen LogP contribution in [0, 0.1) is 6.92 Å². The van der Waals surface area contributed by atoms with E-state index in [9.17, 15) is 5.11 Å². The summed E-state index contributed by atoms with van der Waals surface area (Å²) in [6.07, 6.45) is 3.56. The van der Waals surface area contributed by atoms with E-state index in [2.05, 4.69) is 21.5 Å². The van der Waals surface area contributed by atoms with E-state index in [4.69, 9.17) is 16.3 Å². The fraction of sp³-hybridized carbons (Fsp3) is 0.214. The Balaban J connectivity index is 2.50. The molecular formula is C14H14ClN3O2. The molecule has 0 aliphatic heterocycles. The molecule has 6 heteroatoms. The van der Waals surface area contributed by atoms with E-state index in [0.29, 0.717) is 33.5 Å². The summed E-state index contributed by atoms with van der Waals surface area (Å²) >= 11 is 6.14. The van der Waals surface area contributed by atoms with Gasteiger partial charge in [0.1, 0.15) is 6.10 Å². The smallest absolute Gasteiger partial charge is 0.213 e. The van der Waals surface area contributed by atoms with Gasteiger partial charge in [0, 0.05) is 11.6 Å². The van der Waals surface area contributed by atoms with Crippen molar-refractivity contribution in [2.24, 2.45) is 0 Å². The SMILES string of the molecule is C=CC(O)c1cnc(-c2cc(OC)ncc2Cl)c(C)n1. The van der Waals surface area contributed by atoms with Crippen LogP contribution in [0.5, 0.6) is 5.88 Å². The highest BCUT2D eigenvalue weighted by Gasteiger charge is 2.14. The summed E-state index contributed by atoms with van der Waals surface area (Å²) in [6, 6.07) is 1.70. The average molecular weight is 292 g/mol. The normalized spacial score (nSPS) is 12.0. The lowest BCUT2D eigenvalue weighted by atomic mass is 10.1. The molecule has 0 amide bonds. The van der Waals surface area contributed by atoms with E-state index in [0.717, 1.165) is 0 Å². The fourth-order valence-electron chi connectivity index (χ4n) is 1.74. The zero-order valence-corrected chi connectivity index (χ0v) is 11.9. The third kappa shape index (κ3) is 2.79. The minimum Gasteiger partial charge on any atom is -0.481 e. The van der Waals surface area contributed by atoms with Gasteiger partial charge in [-0.1, -0.05) is 17.7 Å². The third-order valence-corrected chi connectivity index (χ3v) is 3.09. The summed E-state index contributed by atoms with van der Waals surface area (Å²) in [5.41, 5.74) is 2.40. The molecule has 0 saturated carbocycles. The Bertz CT molecular complexity index is 646. The molecule has 2 rings (SSSR count). The Morgan fingerprint density at radius 1 is 1.40 bits per heavy atom. The zero-order chi connectivity index (χ0) is 14.7. The second-order valence-corrected chi connectivity index (χ2v) is 4.52. The minimum atomic E-state index is -0.835. The molecule has 2 aromatic heterocycles. The summed E-state index contributed by atoms with van der Waals surface area (Å²) < 4.78 is 5.08. The highest BCUT2D eigenvalue weighted by atomic mass is 35.5. The average Bonchev–Trinajstić information content (AvgIpc) is 2.47. The van der Waals surface area contributed by atoms with Crippen molar-refractivity contribution in [3.8, 4) is 17.1 Å². The summed E-state index contributed by atoms with van der Waals surface area (Å²) in [6.45, 7) is 5.32. The predicted octanol–water partition coefficient (Wildman–Crippen LogP) is 2.73. The van der Waals surface area contributed by atoms with Crippen molar-refractivity contribution in [2.45, 2.75) is 13.0 Å². The number of aliphatic hydroxyl groups excluding tert-OH is 1. The summed E-state index contributed by atoms with van der Waals surface area (Å²) in [5.74, 6) is 0.445. The van der Waals surface area contributed by atoms with Crippen LogP contribution in [-0.2, 0) is 0 Å². The molecule has 0 bridgehead atoms. The van der Waals surface area contributed by atoms with Gasteiger partial charge in [-0.3, -0.25) is 9.97 Å². The monoisotopic (exact) mass is 291 g/mol. The van der Waals surface area contributed by atoms with Gasteiger partial charge < -0.3 is 9.84 Å². The van der Waals surface area contributed by atoms with Crippen molar-refractivity contribution in [1.82, 2.24) is 15.0 Å². The first-order valence-corrected chi connectivity index (χ1v) is 6.28. The molecule has 0 aromatic carbocycles. The maximum absolute atomic E-state index is 9.68. The van der Waals surface area contributed by atoms with E-state index < -0.39 is 6.10 Å². The molecule has 0 saturated heterocycles. The van der Waals surface area contributed by atoms with Crippen LogP contribution in [0.25, 0.3) is 11.3 Å². The Hall–Kier alpha value is -1.98. The highest BCUT2D eigenvalue weighted by Crippen LogP contribution is 2.30. The number of aliphatic hydroxyl groups is 1. The summed E-state index contributed by atoms with van der Waals surface area (Å²) in [4.78, 5) is 12.6. The molecule has 0 aliphatic carbocycles. The lowest BCUT2D eigenvalue weighted by Gasteiger charge is -2.10. The standard InChI is InChI=1S/C14H14ClN3O2/c1-4-12(19)11-7-17-14(8(2)18-11)9-5-13(20-3)16-6-10(9)15/h4-7,12,19H,1H2,2-3H3. The molecule has 104 valence electrons. The molecule has 2 aromatic rings. The first-order valence-electron chi connectivity index (χ1n) is 5.91. The van der Waals surface area contributed by atoms with E-state index in [-0.39, 0.29) is 0 Å². The molecule has 1 atom stereocenters. The van der Waals surface area contributed by atoms with Gasteiger partial charge in [0.2, 0.25) is 5.88 Å². The zero-order valence-electron chi connectivity index (χ0n) is 11.2. The molecular weight excluding hydrogens is 278 g/mol. The van der Waals surface area contributed by atoms with Gasteiger partial charge in [-0.15, -0.1) is 6.58 Å². The topological polar surface area (TPSA) is 68.1 Å². The van der Waals surface area contributed by atoms with E-state index >= 15 is 0 Å². The number of nitrogens with zero attached hydrogens (tertiary/aromatic N) is 3. The number of aromatic nitrogens is 3. The Morgan fingerprint density at radius 3 is 2.75 bits per heavy atom. The Labute approximate surface area is 121 Å². The molecule has 0 radical (unpaired) electrons. The number of aryl methyl sites for hydroxylation is 1. The van der Waals surface area contributed by atoms with Crippen LogP contribution in [-0.4, -0.2) is 27.2 Å². The molecule has 0 spiro atoms. The van der Waals surface area contributed by atoms with Gasteiger partial charge in [0.25, 0.3) is 0 Å². The van der Waals surface area contributed by atoms with E-state index in [1.807, 2.05) is 0 Å². The van der Waals surface area contributed by atoms with Crippen LogP contribution in [0.1, 0.15) is 17.5 Å². The summed E-state index contributed by atoms with van der Waals surface area (Å²) in [5, 5.41) is 10.1.